The Morgan fingerprint density at radius 3 is 2.57 bits per heavy atom. The molecule has 2 N–H and O–H groups in total. The number of benzene rings is 1. The van der Waals surface area contributed by atoms with Crippen molar-refractivity contribution in [3.63, 3.8) is 0 Å². The first kappa shape index (κ1) is 15.5. The van der Waals surface area contributed by atoms with E-state index in [1.807, 2.05) is 0 Å². The number of hydrogen-bond donors (Lipinski definition) is 2. The van der Waals surface area contributed by atoms with E-state index < -0.39 is 0 Å². The third kappa shape index (κ3) is 4.56. The Hall–Kier alpha value is -1.88. The SMILES string of the molecule is CN(C)C(=O)c1ccc(NC(=O)CC2CCCNC2)cc1. The average Bonchev–Trinajstić information content (AvgIpc) is 2.48. The zero-order chi connectivity index (χ0) is 15.2. The normalized spacial score (nSPS) is 18.1. The van der Waals surface area contributed by atoms with E-state index in [9.17, 15) is 9.59 Å². The minimum absolute atomic E-state index is 0.0374. The number of nitrogens with one attached hydrogen (secondary N) is 2. The lowest BCUT2D eigenvalue weighted by atomic mass is 9.96. The summed E-state index contributed by atoms with van der Waals surface area (Å²) in [5.41, 5.74) is 1.36. The van der Waals surface area contributed by atoms with Gasteiger partial charge in [0.25, 0.3) is 5.91 Å². The van der Waals surface area contributed by atoms with E-state index in [2.05, 4.69) is 10.6 Å². The highest BCUT2D eigenvalue weighted by Gasteiger charge is 2.16. The van der Waals surface area contributed by atoms with Gasteiger partial charge in [0.2, 0.25) is 5.91 Å². The second-order valence-corrected chi connectivity index (χ2v) is 5.74. The molecule has 1 aliphatic rings. The number of piperidine rings is 1. The fraction of sp³-hybridized carbons (Fsp3) is 0.500. The van der Waals surface area contributed by atoms with Crippen LogP contribution in [0.2, 0.25) is 0 Å². The Kier molecular flexibility index (Phi) is 5.33. The van der Waals surface area contributed by atoms with Gasteiger partial charge in [-0.1, -0.05) is 0 Å². The number of carbonyl (C=O) groups is 2. The van der Waals surface area contributed by atoms with E-state index in [1.54, 1.807) is 38.4 Å². The van der Waals surface area contributed by atoms with Crippen molar-refractivity contribution in [2.24, 2.45) is 5.92 Å². The van der Waals surface area contributed by atoms with Gasteiger partial charge in [0, 0.05) is 31.8 Å². The molecule has 1 atom stereocenters. The van der Waals surface area contributed by atoms with E-state index in [0.29, 0.717) is 17.9 Å². The molecule has 1 aromatic rings. The summed E-state index contributed by atoms with van der Waals surface area (Å²) in [7, 11) is 3.44. The molecule has 0 bridgehead atoms. The van der Waals surface area contributed by atoms with Gasteiger partial charge in [-0.3, -0.25) is 9.59 Å². The van der Waals surface area contributed by atoms with Gasteiger partial charge in [-0.25, -0.2) is 0 Å². The second-order valence-electron chi connectivity index (χ2n) is 5.74. The lowest BCUT2D eigenvalue weighted by Gasteiger charge is -2.22. The zero-order valence-electron chi connectivity index (χ0n) is 12.7. The largest absolute Gasteiger partial charge is 0.345 e. The molecule has 5 heteroatoms. The van der Waals surface area contributed by atoms with E-state index in [4.69, 9.17) is 0 Å². The molecule has 1 heterocycles. The third-order valence-electron chi connectivity index (χ3n) is 3.69. The van der Waals surface area contributed by atoms with Crippen LogP contribution in [0.3, 0.4) is 0 Å². The number of nitrogens with zero attached hydrogens (tertiary/aromatic N) is 1. The van der Waals surface area contributed by atoms with Crippen molar-refractivity contribution >= 4 is 17.5 Å². The molecule has 0 saturated carbocycles. The van der Waals surface area contributed by atoms with Crippen LogP contribution in [0.4, 0.5) is 5.69 Å². The van der Waals surface area contributed by atoms with Gasteiger partial charge in [-0.15, -0.1) is 0 Å². The van der Waals surface area contributed by atoms with Crippen molar-refractivity contribution in [1.29, 1.82) is 0 Å². The van der Waals surface area contributed by atoms with Gasteiger partial charge in [-0.2, -0.15) is 0 Å². The van der Waals surface area contributed by atoms with Gasteiger partial charge >= 0.3 is 0 Å². The van der Waals surface area contributed by atoms with Crippen LogP contribution in [-0.4, -0.2) is 43.9 Å². The van der Waals surface area contributed by atoms with Crippen molar-refractivity contribution in [1.82, 2.24) is 10.2 Å². The highest BCUT2D eigenvalue weighted by Crippen LogP contribution is 2.16. The maximum atomic E-state index is 12.0. The number of hydrogen-bond acceptors (Lipinski definition) is 3. The molecule has 1 aliphatic heterocycles. The molecule has 2 rings (SSSR count). The molecule has 1 unspecified atom stereocenters. The summed E-state index contributed by atoms with van der Waals surface area (Å²) in [6.07, 6.45) is 2.79. The standard InChI is InChI=1S/C16H23N3O2/c1-19(2)16(21)13-5-7-14(8-6-13)18-15(20)10-12-4-3-9-17-11-12/h5-8,12,17H,3-4,9-11H2,1-2H3,(H,18,20). The zero-order valence-corrected chi connectivity index (χ0v) is 12.7. The minimum Gasteiger partial charge on any atom is -0.345 e. The summed E-state index contributed by atoms with van der Waals surface area (Å²) in [4.78, 5) is 25.3. The number of rotatable bonds is 4. The number of amides is 2. The van der Waals surface area contributed by atoms with Crippen LogP contribution in [0.5, 0.6) is 0 Å². The molecule has 1 fully saturated rings. The van der Waals surface area contributed by atoms with Crippen LogP contribution in [-0.2, 0) is 4.79 Å². The fourth-order valence-electron chi connectivity index (χ4n) is 2.53. The van der Waals surface area contributed by atoms with Gasteiger partial charge in [0.05, 0.1) is 0 Å². The van der Waals surface area contributed by atoms with Crippen LogP contribution in [0.1, 0.15) is 29.6 Å². The van der Waals surface area contributed by atoms with Crippen LogP contribution in [0.25, 0.3) is 0 Å². The van der Waals surface area contributed by atoms with E-state index in [0.717, 1.165) is 31.6 Å². The fourth-order valence-corrected chi connectivity index (χ4v) is 2.53. The molecule has 0 radical (unpaired) electrons. The Balaban J connectivity index is 1.87. The van der Waals surface area contributed by atoms with Crippen LogP contribution in [0, 0.1) is 5.92 Å². The van der Waals surface area contributed by atoms with Crippen LogP contribution in [0.15, 0.2) is 24.3 Å². The number of anilines is 1. The highest BCUT2D eigenvalue weighted by atomic mass is 16.2. The minimum atomic E-state index is -0.0406. The molecule has 5 nitrogen and oxygen atoms in total. The maximum absolute atomic E-state index is 12.0. The Morgan fingerprint density at radius 1 is 1.29 bits per heavy atom. The summed E-state index contributed by atoms with van der Waals surface area (Å²) in [5, 5.41) is 6.21. The van der Waals surface area contributed by atoms with Crippen LogP contribution < -0.4 is 10.6 Å². The predicted molar refractivity (Wildman–Crippen MR) is 83.3 cm³/mol. The van der Waals surface area contributed by atoms with Crippen molar-refractivity contribution in [3.05, 3.63) is 29.8 Å². The number of carbonyl (C=O) groups excluding carboxylic acids is 2. The lowest BCUT2D eigenvalue weighted by Crippen LogP contribution is -2.32. The molecular formula is C16H23N3O2. The summed E-state index contributed by atoms with van der Waals surface area (Å²) in [6.45, 7) is 1.98. The third-order valence-corrected chi connectivity index (χ3v) is 3.69. The van der Waals surface area contributed by atoms with E-state index >= 15 is 0 Å². The van der Waals surface area contributed by atoms with E-state index in [-0.39, 0.29) is 11.8 Å². The van der Waals surface area contributed by atoms with Gasteiger partial charge < -0.3 is 15.5 Å². The summed E-state index contributed by atoms with van der Waals surface area (Å²) in [5.74, 6) is 0.421. The first-order valence-electron chi connectivity index (χ1n) is 7.38. The first-order chi connectivity index (χ1) is 10.1. The van der Waals surface area contributed by atoms with Crippen molar-refractivity contribution in [2.75, 3.05) is 32.5 Å². The molecule has 0 aromatic heterocycles. The summed E-state index contributed by atoms with van der Waals surface area (Å²) in [6, 6.07) is 7.02. The molecule has 1 saturated heterocycles. The maximum Gasteiger partial charge on any atom is 0.253 e. The molecular weight excluding hydrogens is 266 g/mol. The predicted octanol–water partition coefficient (Wildman–Crippen LogP) is 1.72. The topological polar surface area (TPSA) is 61.4 Å². The van der Waals surface area contributed by atoms with Gasteiger partial charge in [-0.05, 0) is 56.1 Å². The molecule has 21 heavy (non-hydrogen) atoms. The smallest absolute Gasteiger partial charge is 0.253 e. The molecule has 1 aromatic carbocycles. The van der Waals surface area contributed by atoms with E-state index in [1.165, 1.54) is 4.90 Å². The summed E-state index contributed by atoms with van der Waals surface area (Å²) >= 11 is 0. The Bertz CT molecular complexity index is 491. The monoisotopic (exact) mass is 289 g/mol. The van der Waals surface area contributed by atoms with Crippen molar-refractivity contribution in [2.45, 2.75) is 19.3 Å². The molecule has 114 valence electrons. The summed E-state index contributed by atoms with van der Waals surface area (Å²) < 4.78 is 0. The average molecular weight is 289 g/mol. The Morgan fingerprint density at radius 2 is 2.00 bits per heavy atom. The quantitative estimate of drug-likeness (QED) is 0.887. The highest BCUT2D eigenvalue weighted by molar-refractivity contribution is 5.95. The Labute approximate surface area is 125 Å². The first-order valence-corrected chi connectivity index (χ1v) is 7.38. The second kappa shape index (κ2) is 7.22. The van der Waals surface area contributed by atoms with Crippen molar-refractivity contribution in [3.8, 4) is 0 Å². The molecule has 2 amide bonds. The molecule has 0 spiro atoms. The van der Waals surface area contributed by atoms with Crippen molar-refractivity contribution < 1.29 is 9.59 Å². The van der Waals surface area contributed by atoms with Crippen LogP contribution >= 0.6 is 0 Å². The molecule has 0 aliphatic carbocycles. The van der Waals surface area contributed by atoms with Gasteiger partial charge in [0.1, 0.15) is 0 Å². The van der Waals surface area contributed by atoms with Gasteiger partial charge in [0.15, 0.2) is 0 Å². The lowest BCUT2D eigenvalue weighted by molar-refractivity contribution is -0.117.